The molecule has 0 radical (unpaired) electrons. The molecule has 4 aromatic heterocycles. The van der Waals surface area contributed by atoms with Gasteiger partial charge in [0.1, 0.15) is 24.1 Å². The smallest absolute Gasteiger partial charge is 0.215 e. The van der Waals surface area contributed by atoms with E-state index in [1.54, 1.807) is 0 Å². The molecule has 1 aliphatic rings. The predicted molar refractivity (Wildman–Crippen MR) is 119 cm³/mol. The Morgan fingerprint density at radius 3 is 2.87 bits per heavy atom. The van der Waals surface area contributed by atoms with Crippen LogP contribution in [0, 0.1) is 0 Å². The lowest BCUT2D eigenvalue weighted by molar-refractivity contribution is 0.0999. The molecule has 31 heavy (non-hydrogen) atoms. The molecule has 0 saturated heterocycles. The second-order valence-corrected chi connectivity index (χ2v) is 7.23. The van der Waals surface area contributed by atoms with Gasteiger partial charge in [0.15, 0.2) is 0 Å². The molecule has 0 atom stereocenters. The first-order chi connectivity index (χ1) is 15.2. The van der Waals surface area contributed by atoms with Crippen LogP contribution < -0.4 is 15.4 Å². The number of ether oxygens (including phenoxy) is 2. The summed E-state index contributed by atoms with van der Waals surface area (Å²) in [6, 6.07) is 9.68. The number of rotatable bonds is 1. The molecule has 9 nitrogen and oxygen atoms in total. The molecule has 0 spiro atoms. The third-order valence-corrected chi connectivity index (χ3v) is 5.22. The molecule has 4 aromatic rings. The maximum Gasteiger partial charge on any atom is 0.215 e. The molecule has 2 N–H and O–H groups in total. The molecule has 9 heteroatoms. The van der Waals surface area contributed by atoms with Crippen LogP contribution >= 0.6 is 0 Å². The van der Waals surface area contributed by atoms with Crippen LogP contribution in [0.2, 0.25) is 0 Å². The van der Waals surface area contributed by atoms with E-state index in [-0.39, 0.29) is 0 Å². The average Bonchev–Trinajstić information content (AvgIpc) is 3.15. The molecule has 158 valence electrons. The van der Waals surface area contributed by atoms with Gasteiger partial charge in [-0.25, -0.2) is 9.97 Å². The van der Waals surface area contributed by atoms with E-state index in [2.05, 4.69) is 31.7 Å². The minimum atomic E-state index is 0.432. The second kappa shape index (κ2) is 8.19. The van der Waals surface area contributed by atoms with Crippen molar-refractivity contribution in [2.45, 2.75) is 6.42 Å². The Kier molecular flexibility index (Phi) is 5.09. The van der Waals surface area contributed by atoms with Crippen LogP contribution in [0.25, 0.3) is 22.0 Å². The number of hydrogen-bond acceptors (Lipinski definition) is 8. The van der Waals surface area contributed by atoms with Crippen LogP contribution in [0.1, 0.15) is 5.69 Å². The van der Waals surface area contributed by atoms with E-state index in [0.717, 1.165) is 40.0 Å². The minimum Gasteiger partial charge on any atom is -0.475 e. The van der Waals surface area contributed by atoms with Gasteiger partial charge in [-0.15, -0.1) is 0 Å². The predicted octanol–water partition coefficient (Wildman–Crippen LogP) is 3.16. The minimum absolute atomic E-state index is 0.432. The van der Waals surface area contributed by atoms with Gasteiger partial charge in [-0.2, -0.15) is 10.1 Å². The average molecular weight is 417 g/mol. The number of nitrogens with one attached hydrogen (secondary N) is 2. The van der Waals surface area contributed by atoms with Crippen LogP contribution in [0.4, 0.5) is 17.5 Å². The Morgan fingerprint density at radius 2 is 1.97 bits per heavy atom. The molecule has 0 aromatic carbocycles. The Balaban J connectivity index is 1.65. The molecule has 5 rings (SSSR count). The summed E-state index contributed by atoms with van der Waals surface area (Å²) in [5.74, 6) is 2.63. The molecule has 5 heterocycles. The molecule has 1 aliphatic heterocycles. The third kappa shape index (κ3) is 3.87. The zero-order valence-corrected chi connectivity index (χ0v) is 17.4. The van der Waals surface area contributed by atoms with E-state index in [4.69, 9.17) is 14.6 Å². The van der Waals surface area contributed by atoms with Crippen LogP contribution in [-0.2, 0) is 18.2 Å². The highest BCUT2D eigenvalue weighted by Gasteiger charge is 2.15. The summed E-state index contributed by atoms with van der Waals surface area (Å²) in [5.41, 5.74) is 2.89. The van der Waals surface area contributed by atoms with E-state index in [1.165, 1.54) is 0 Å². The largest absolute Gasteiger partial charge is 0.475 e. The first-order valence-corrected chi connectivity index (χ1v) is 10.2. The fourth-order valence-corrected chi connectivity index (χ4v) is 3.66. The summed E-state index contributed by atoms with van der Waals surface area (Å²) in [6.07, 6.45) is 4.42. The SMILES string of the molecule is CNc1ncc2c3cc(ncc13)Nc1cccc(n1)OCCOCCc1cc-2nn1C. The van der Waals surface area contributed by atoms with Gasteiger partial charge >= 0.3 is 0 Å². The topological polar surface area (TPSA) is 99.0 Å². The van der Waals surface area contributed by atoms with E-state index >= 15 is 0 Å². The Labute approximate surface area is 179 Å². The quantitative estimate of drug-likeness (QED) is 0.487. The van der Waals surface area contributed by atoms with Crippen LogP contribution in [0.5, 0.6) is 5.88 Å². The molecular formula is C22H23N7O2. The number of pyridine rings is 3. The maximum atomic E-state index is 5.74. The fourth-order valence-electron chi connectivity index (χ4n) is 3.66. The van der Waals surface area contributed by atoms with Crippen molar-refractivity contribution in [2.75, 3.05) is 37.5 Å². The zero-order valence-electron chi connectivity index (χ0n) is 17.4. The fraction of sp³-hybridized carbons (Fsp3) is 0.273. The molecule has 0 amide bonds. The lowest BCUT2D eigenvalue weighted by atomic mass is 10.1. The van der Waals surface area contributed by atoms with Gasteiger partial charge < -0.3 is 20.1 Å². The van der Waals surface area contributed by atoms with Crippen molar-refractivity contribution in [3.63, 3.8) is 0 Å². The highest BCUT2D eigenvalue weighted by Crippen LogP contribution is 2.33. The van der Waals surface area contributed by atoms with Gasteiger partial charge in [0, 0.05) is 61.0 Å². The number of aryl methyl sites for hydroxylation is 1. The van der Waals surface area contributed by atoms with Crippen molar-refractivity contribution < 1.29 is 9.47 Å². The first kappa shape index (κ1) is 19.3. The monoisotopic (exact) mass is 417 g/mol. The van der Waals surface area contributed by atoms with E-state index in [1.807, 2.05) is 55.4 Å². The van der Waals surface area contributed by atoms with Crippen molar-refractivity contribution >= 4 is 28.2 Å². The number of anilines is 3. The van der Waals surface area contributed by atoms with Crippen molar-refractivity contribution in [1.29, 1.82) is 0 Å². The molecule has 0 saturated carbocycles. The first-order valence-electron chi connectivity index (χ1n) is 10.2. The van der Waals surface area contributed by atoms with Gasteiger partial charge in [0.2, 0.25) is 5.88 Å². The number of aromatic nitrogens is 5. The molecule has 0 fully saturated rings. The summed E-state index contributed by atoms with van der Waals surface area (Å²) in [7, 11) is 3.80. The van der Waals surface area contributed by atoms with Crippen molar-refractivity contribution in [2.24, 2.45) is 7.05 Å². The molecule has 6 bridgehead atoms. The number of nitrogens with zero attached hydrogens (tertiary/aromatic N) is 5. The van der Waals surface area contributed by atoms with Crippen molar-refractivity contribution in [3.05, 3.63) is 48.4 Å². The Morgan fingerprint density at radius 1 is 1.03 bits per heavy atom. The van der Waals surface area contributed by atoms with Crippen molar-refractivity contribution in [3.8, 4) is 17.1 Å². The van der Waals surface area contributed by atoms with E-state index in [0.29, 0.717) is 37.3 Å². The number of fused-ring (bicyclic) bond motifs is 6. The summed E-state index contributed by atoms with van der Waals surface area (Å²) < 4.78 is 13.4. The van der Waals surface area contributed by atoms with Gasteiger partial charge in [-0.1, -0.05) is 6.07 Å². The van der Waals surface area contributed by atoms with Crippen LogP contribution in [0.3, 0.4) is 0 Å². The van der Waals surface area contributed by atoms with Crippen LogP contribution in [0.15, 0.2) is 42.7 Å². The lowest BCUT2D eigenvalue weighted by Gasteiger charge is -2.12. The third-order valence-electron chi connectivity index (χ3n) is 5.22. The second-order valence-electron chi connectivity index (χ2n) is 7.23. The van der Waals surface area contributed by atoms with Crippen LogP contribution in [-0.4, -0.2) is 51.6 Å². The molecule has 0 aliphatic carbocycles. The Hall–Kier alpha value is -3.72. The van der Waals surface area contributed by atoms with Crippen molar-refractivity contribution in [1.82, 2.24) is 24.7 Å². The highest BCUT2D eigenvalue weighted by molar-refractivity contribution is 6.02. The summed E-state index contributed by atoms with van der Waals surface area (Å²) >= 11 is 0. The summed E-state index contributed by atoms with van der Waals surface area (Å²) in [4.78, 5) is 13.7. The normalized spacial score (nSPS) is 14.0. The van der Waals surface area contributed by atoms with E-state index in [9.17, 15) is 0 Å². The Bertz CT molecular complexity index is 1240. The van der Waals surface area contributed by atoms with Gasteiger partial charge in [-0.05, 0) is 18.2 Å². The highest BCUT2D eigenvalue weighted by atomic mass is 16.5. The zero-order chi connectivity index (χ0) is 21.2. The van der Waals surface area contributed by atoms with E-state index < -0.39 is 0 Å². The lowest BCUT2D eigenvalue weighted by Crippen LogP contribution is -2.10. The van der Waals surface area contributed by atoms with Gasteiger partial charge in [-0.3, -0.25) is 4.68 Å². The molecule has 0 unspecified atom stereocenters. The maximum absolute atomic E-state index is 5.74. The molecular weight excluding hydrogens is 394 g/mol. The summed E-state index contributed by atoms with van der Waals surface area (Å²) in [5, 5.41) is 13.1. The standard InChI is InChI=1S/C22H23N7O2/c1-23-22-17-13-24-20-11-15(17)16(12-25-22)18-10-14(29(2)28-18)6-7-30-8-9-31-21-5-3-4-19(26-20)27-21/h3-5,10-13H,6-9H2,1-2H3,(H,23,25)(H,24,26,27). The van der Waals surface area contributed by atoms with Gasteiger partial charge in [0.25, 0.3) is 0 Å². The van der Waals surface area contributed by atoms with Gasteiger partial charge in [0.05, 0.1) is 18.9 Å². The number of hydrogen-bond donors (Lipinski definition) is 2. The summed E-state index contributed by atoms with van der Waals surface area (Å²) in [6.45, 7) is 1.51.